The third-order valence-corrected chi connectivity index (χ3v) is 6.40. The number of rotatable bonds is 6. The van der Waals surface area contributed by atoms with Gasteiger partial charge in [0.1, 0.15) is 17.2 Å². The first-order chi connectivity index (χ1) is 14.3. The maximum atomic E-state index is 13.4. The Morgan fingerprint density at radius 2 is 1.83 bits per heavy atom. The van der Waals surface area contributed by atoms with Crippen molar-refractivity contribution in [3.63, 3.8) is 0 Å². The Morgan fingerprint density at radius 1 is 1.07 bits per heavy atom. The standard InChI is InChI=1S/C20H15Cl2FN4O2S/c21-14-5-3-13(4-6-14)12-27-19(26-18-2-1-9-24-20(18)27)11-25-30(28,29)15-7-8-17(23)16(22)10-15/h1-10,25H,11-12H2. The maximum absolute atomic E-state index is 13.4. The number of hydrogen-bond acceptors (Lipinski definition) is 4. The molecule has 0 radical (unpaired) electrons. The van der Waals surface area contributed by atoms with Gasteiger partial charge < -0.3 is 4.57 Å². The number of aromatic nitrogens is 3. The molecule has 0 aliphatic heterocycles. The maximum Gasteiger partial charge on any atom is 0.241 e. The van der Waals surface area contributed by atoms with Gasteiger partial charge in [0.2, 0.25) is 10.0 Å². The van der Waals surface area contributed by atoms with E-state index in [2.05, 4.69) is 14.7 Å². The summed E-state index contributed by atoms with van der Waals surface area (Å²) in [5.41, 5.74) is 2.23. The highest BCUT2D eigenvalue weighted by Gasteiger charge is 2.19. The van der Waals surface area contributed by atoms with Crippen LogP contribution < -0.4 is 4.72 Å². The summed E-state index contributed by atoms with van der Waals surface area (Å²) in [6, 6.07) is 14.1. The molecular weight excluding hydrogens is 450 g/mol. The van der Waals surface area contributed by atoms with Crippen LogP contribution >= 0.6 is 23.2 Å². The zero-order valence-electron chi connectivity index (χ0n) is 15.4. The molecule has 154 valence electrons. The van der Waals surface area contributed by atoms with E-state index in [0.29, 0.717) is 28.6 Å². The highest BCUT2D eigenvalue weighted by atomic mass is 35.5. The Labute approximate surface area is 182 Å². The van der Waals surface area contributed by atoms with Crippen LogP contribution in [0.15, 0.2) is 65.7 Å². The molecule has 4 rings (SSSR count). The summed E-state index contributed by atoms with van der Waals surface area (Å²) in [6.45, 7) is 0.353. The predicted molar refractivity (Wildman–Crippen MR) is 114 cm³/mol. The van der Waals surface area contributed by atoms with Gasteiger partial charge in [0.05, 0.1) is 23.0 Å². The molecule has 0 spiro atoms. The van der Waals surface area contributed by atoms with Crippen LogP contribution in [0.4, 0.5) is 4.39 Å². The van der Waals surface area contributed by atoms with Crippen LogP contribution in [0.25, 0.3) is 11.2 Å². The highest BCUT2D eigenvalue weighted by molar-refractivity contribution is 7.89. The number of benzene rings is 2. The number of halogens is 3. The van der Waals surface area contributed by atoms with E-state index in [0.717, 1.165) is 23.8 Å². The van der Waals surface area contributed by atoms with Gasteiger partial charge in [-0.1, -0.05) is 35.3 Å². The lowest BCUT2D eigenvalue weighted by molar-refractivity contribution is 0.576. The minimum absolute atomic E-state index is 0.0821. The molecule has 2 aromatic heterocycles. The molecule has 1 N–H and O–H groups in total. The second-order valence-electron chi connectivity index (χ2n) is 6.49. The number of fused-ring (bicyclic) bond motifs is 1. The largest absolute Gasteiger partial charge is 0.307 e. The van der Waals surface area contributed by atoms with Crippen molar-refractivity contribution < 1.29 is 12.8 Å². The number of nitrogens with one attached hydrogen (secondary N) is 1. The zero-order valence-corrected chi connectivity index (χ0v) is 17.7. The number of imidazole rings is 1. The average molecular weight is 465 g/mol. The van der Waals surface area contributed by atoms with Crippen LogP contribution in [0.1, 0.15) is 11.4 Å². The van der Waals surface area contributed by atoms with Gasteiger partial charge in [-0.25, -0.2) is 27.5 Å². The molecule has 10 heteroatoms. The molecule has 30 heavy (non-hydrogen) atoms. The lowest BCUT2D eigenvalue weighted by Crippen LogP contribution is -2.25. The summed E-state index contributed by atoms with van der Waals surface area (Å²) in [6.07, 6.45) is 1.65. The van der Waals surface area contributed by atoms with Crippen molar-refractivity contribution in [2.24, 2.45) is 0 Å². The van der Waals surface area contributed by atoms with E-state index in [1.807, 2.05) is 16.7 Å². The topological polar surface area (TPSA) is 76.9 Å². The Kier molecular flexibility index (Phi) is 5.75. The molecule has 0 saturated heterocycles. The predicted octanol–water partition coefficient (Wildman–Crippen LogP) is 4.40. The lowest BCUT2D eigenvalue weighted by Gasteiger charge is -2.11. The average Bonchev–Trinajstić information content (AvgIpc) is 3.08. The number of sulfonamides is 1. The van der Waals surface area contributed by atoms with Crippen LogP contribution in [0.5, 0.6) is 0 Å². The third-order valence-electron chi connectivity index (χ3n) is 4.46. The molecule has 0 saturated carbocycles. The Morgan fingerprint density at radius 3 is 2.57 bits per heavy atom. The molecule has 0 atom stereocenters. The molecule has 0 aliphatic rings. The minimum atomic E-state index is -3.92. The van der Waals surface area contributed by atoms with Crippen LogP contribution in [-0.2, 0) is 23.1 Å². The van der Waals surface area contributed by atoms with E-state index < -0.39 is 15.8 Å². The van der Waals surface area contributed by atoms with Gasteiger partial charge >= 0.3 is 0 Å². The van der Waals surface area contributed by atoms with Gasteiger partial charge in [0, 0.05) is 11.2 Å². The normalized spacial score (nSPS) is 11.8. The fourth-order valence-corrected chi connectivity index (χ4v) is 4.34. The van der Waals surface area contributed by atoms with E-state index in [9.17, 15) is 12.8 Å². The molecule has 2 heterocycles. The van der Waals surface area contributed by atoms with E-state index in [1.54, 1.807) is 30.5 Å². The van der Waals surface area contributed by atoms with Crippen molar-refractivity contribution in [1.29, 1.82) is 0 Å². The molecular formula is C20H15Cl2FN4O2S. The first kappa shape index (κ1) is 20.7. The van der Waals surface area contributed by atoms with Gasteiger partial charge in [0.25, 0.3) is 0 Å². The van der Waals surface area contributed by atoms with Gasteiger partial charge in [-0.2, -0.15) is 0 Å². The quantitative estimate of drug-likeness (QED) is 0.458. The van der Waals surface area contributed by atoms with Gasteiger partial charge in [-0.05, 0) is 48.0 Å². The Hall–Kier alpha value is -2.52. The fourth-order valence-electron chi connectivity index (χ4n) is 2.97. The smallest absolute Gasteiger partial charge is 0.241 e. The van der Waals surface area contributed by atoms with Crippen molar-refractivity contribution in [2.45, 2.75) is 18.0 Å². The molecule has 0 unspecified atom stereocenters. The Balaban J connectivity index is 1.65. The van der Waals surface area contributed by atoms with Crippen molar-refractivity contribution in [3.8, 4) is 0 Å². The molecule has 6 nitrogen and oxygen atoms in total. The SMILES string of the molecule is O=S(=O)(NCc1nc2cccnc2n1Cc1ccc(Cl)cc1)c1ccc(F)c(Cl)c1. The van der Waals surface area contributed by atoms with Gasteiger partial charge in [-0.15, -0.1) is 0 Å². The molecule has 4 aromatic rings. The molecule has 2 aromatic carbocycles. The Bertz CT molecular complexity index is 1320. The van der Waals surface area contributed by atoms with E-state index in [4.69, 9.17) is 23.2 Å². The molecule has 0 aliphatic carbocycles. The minimum Gasteiger partial charge on any atom is -0.307 e. The summed E-state index contributed by atoms with van der Waals surface area (Å²) < 4.78 is 43.0. The summed E-state index contributed by atoms with van der Waals surface area (Å²) in [5.74, 6) is -0.207. The molecule has 0 fully saturated rings. The van der Waals surface area contributed by atoms with Crippen molar-refractivity contribution in [1.82, 2.24) is 19.3 Å². The first-order valence-corrected chi connectivity index (χ1v) is 11.1. The van der Waals surface area contributed by atoms with Crippen LogP contribution in [0, 0.1) is 5.82 Å². The highest BCUT2D eigenvalue weighted by Crippen LogP contribution is 2.21. The van der Waals surface area contributed by atoms with Crippen molar-refractivity contribution in [2.75, 3.05) is 0 Å². The second-order valence-corrected chi connectivity index (χ2v) is 9.10. The lowest BCUT2D eigenvalue weighted by atomic mass is 10.2. The van der Waals surface area contributed by atoms with Crippen molar-refractivity contribution in [3.05, 3.63) is 88.0 Å². The van der Waals surface area contributed by atoms with Gasteiger partial charge in [-0.3, -0.25) is 0 Å². The van der Waals surface area contributed by atoms with E-state index in [1.165, 1.54) is 0 Å². The van der Waals surface area contributed by atoms with Crippen LogP contribution in [0.2, 0.25) is 10.0 Å². The van der Waals surface area contributed by atoms with Crippen LogP contribution in [-0.4, -0.2) is 23.0 Å². The first-order valence-electron chi connectivity index (χ1n) is 8.83. The molecule has 0 amide bonds. The zero-order chi connectivity index (χ0) is 21.3. The third kappa shape index (κ3) is 4.32. The fraction of sp³-hybridized carbons (Fsp3) is 0.100. The van der Waals surface area contributed by atoms with E-state index in [-0.39, 0.29) is 16.5 Å². The number of nitrogens with zero attached hydrogens (tertiary/aromatic N) is 3. The summed E-state index contributed by atoms with van der Waals surface area (Å²) in [5, 5.41) is 0.357. The van der Waals surface area contributed by atoms with E-state index >= 15 is 0 Å². The summed E-state index contributed by atoms with van der Waals surface area (Å²) in [7, 11) is -3.92. The van der Waals surface area contributed by atoms with Crippen molar-refractivity contribution >= 4 is 44.4 Å². The van der Waals surface area contributed by atoms with Gasteiger partial charge in [0.15, 0.2) is 5.65 Å². The summed E-state index contributed by atoms with van der Waals surface area (Å²) in [4.78, 5) is 8.76. The van der Waals surface area contributed by atoms with Crippen LogP contribution in [0.3, 0.4) is 0 Å². The molecule has 0 bridgehead atoms. The monoisotopic (exact) mass is 464 g/mol. The summed E-state index contributed by atoms with van der Waals surface area (Å²) >= 11 is 11.7. The number of hydrogen-bond donors (Lipinski definition) is 1. The number of pyridine rings is 1. The second kappa shape index (κ2) is 8.31.